The zero-order chi connectivity index (χ0) is 17.5. The van der Waals surface area contributed by atoms with E-state index in [0.29, 0.717) is 16.3 Å². The molecular formula is C18H16ClFN2O2. The highest BCUT2D eigenvalue weighted by Crippen LogP contribution is 2.13. The zero-order valence-electron chi connectivity index (χ0n) is 12.9. The standard InChI is InChI=1S/C18H16ClFN2O2/c1-12(18(24)22-15-9-7-14(19)8-10-15)21-17(23)11-6-13-4-2-3-5-16(13)20/h2-12H,1H3,(H,21,23)(H,22,24)/b11-6+/t12-/m0/s1. The molecule has 2 amide bonds. The number of halogens is 2. The van der Waals surface area contributed by atoms with E-state index >= 15 is 0 Å². The first-order valence-electron chi connectivity index (χ1n) is 7.25. The normalized spacial score (nSPS) is 12.0. The molecule has 0 aliphatic rings. The number of nitrogens with one attached hydrogen (secondary N) is 2. The summed E-state index contributed by atoms with van der Waals surface area (Å²) in [4.78, 5) is 23.8. The predicted molar refractivity (Wildman–Crippen MR) is 93.1 cm³/mol. The Hall–Kier alpha value is -2.66. The highest BCUT2D eigenvalue weighted by molar-refractivity contribution is 6.30. The maximum Gasteiger partial charge on any atom is 0.246 e. The van der Waals surface area contributed by atoms with Crippen molar-refractivity contribution in [1.29, 1.82) is 0 Å². The first-order valence-corrected chi connectivity index (χ1v) is 7.63. The SMILES string of the molecule is C[C@H](NC(=O)/C=C/c1ccccc1F)C(=O)Nc1ccc(Cl)cc1. The molecule has 6 heteroatoms. The van der Waals surface area contributed by atoms with Gasteiger partial charge in [-0.15, -0.1) is 0 Å². The van der Waals surface area contributed by atoms with Crippen molar-refractivity contribution in [3.8, 4) is 0 Å². The largest absolute Gasteiger partial charge is 0.341 e. The molecule has 0 aliphatic carbocycles. The van der Waals surface area contributed by atoms with Gasteiger partial charge in [0.2, 0.25) is 11.8 Å². The molecule has 0 aromatic heterocycles. The Kier molecular flexibility index (Phi) is 6.09. The fourth-order valence-corrected chi connectivity index (χ4v) is 2.01. The molecule has 0 unspecified atom stereocenters. The Labute approximate surface area is 144 Å². The van der Waals surface area contributed by atoms with Crippen molar-refractivity contribution in [1.82, 2.24) is 5.32 Å². The van der Waals surface area contributed by atoms with Crippen LogP contribution in [0.2, 0.25) is 5.02 Å². The van der Waals surface area contributed by atoms with E-state index in [4.69, 9.17) is 11.6 Å². The lowest BCUT2D eigenvalue weighted by atomic mass is 10.2. The van der Waals surface area contributed by atoms with Crippen LogP contribution in [0.15, 0.2) is 54.6 Å². The third kappa shape index (κ3) is 5.21. The van der Waals surface area contributed by atoms with Gasteiger partial charge < -0.3 is 10.6 Å². The summed E-state index contributed by atoms with van der Waals surface area (Å²) in [5.74, 6) is -1.28. The van der Waals surface area contributed by atoms with Crippen LogP contribution in [0.3, 0.4) is 0 Å². The molecule has 2 rings (SSSR count). The van der Waals surface area contributed by atoms with Gasteiger partial charge >= 0.3 is 0 Å². The number of benzene rings is 2. The summed E-state index contributed by atoms with van der Waals surface area (Å²) in [6, 6.07) is 12.0. The van der Waals surface area contributed by atoms with Crippen LogP contribution < -0.4 is 10.6 Å². The van der Waals surface area contributed by atoms with Gasteiger partial charge in [-0.1, -0.05) is 29.8 Å². The lowest BCUT2D eigenvalue weighted by Gasteiger charge is -2.13. The van der Waals surface area contributed by atoms with Crippen LogP contribution in [-0.4, -0.2) is 17.9 Å². The number of anilines is 1. The molecule has 124 valence electrons. The van der Waals surface area contributed by atoms with Gasteiger partial charge in [0.25, 0.3) is 0 Å². The summed E-state index contributed by atoms with van der Waals surface area (Å²) in [7, 11) is 0. The Balaban J connectivity index is 1.90. The van der Waals surface area contributed by atoms with Gasteiger partial charge in [0.15, 0.2) is 0 Å². The number of carbonyl (C=O) groups is 2. The topological polar surface area (TPSA) is 58.2 Å². The lowest BCUT2D eigenvalue weighted by molar-refractivity contribution is -0.123. The second kappa shape index (κ2) is 8.26. The Morgan fingerprint density at radius 3 is 2.46 bits per heavy atom. The summed E-state index contributed by atoms with van der Waals surface area (Å²) in [5.41, 5.74) is 0.873. The first-order chi connectivity index (χ1) is 11.5. The van der Waals surface area contributed by atoms with Crippen LogP contribution in [0.25, 0.3) is 6.08 Å². The lowest BCUT2D eigenvalue weighted by Crippen LogP contribution is -2.40. The van der Waals surface area contributed by atoms with Crippen LogP contribution in [-0.2, 0) is 9.59 Å². The van der Waals surface area contributed by atoms with Crippen LogP contribution in [0.4, 0.5) is 10.1 Å². The summed E-state index contributed by atoms with van der Waals surface area (Å²) in [6.45, 7) is 1.56. The Morgan fingerprint density at radius 1 is 1.12 bits per heavy atom. The molecule has 0 aliphatic heterocycles. The zero-order valence-corrected chi connectivity index (χ0v) is 13.7. The van der Waals surface area contributed by atoms with Crippen LogP contribution >= 0.6 is 11.6 Å². The minimum absolute atomic E-state index is 0.297. The fraction of sp³-hybridized carbons (Fsp3) is 0.111. The fourth-order valence-electron chi connectivity index (χ4n) is 1.89. The second-order valence-corrected chi connectivity index (χ2v) is 5.52. The van der Waals surface area contributed by atoms with E-state index in [-0.39, 0.29) is 5.91 Å². The van der Waals surface area contributed by atoms with Gasteiger partial charge in [-0.25, -0.2) is 4.39 Å². The average molecular weight is 347 g/mol. The van der Waals surface area contributed by atoms with Crippen molar-refractivity contribution in [3.63, 3.8) is 0 Å². The number of amides is 2. The Morgan fingerprint density at radius 2 is 1.79 bits per heavy atom. The number of carbonyl (C=O) groups excluding carboxylic acids is 2. The van der Waals surface area contributed by atoms with Crippen LogP contribution in [0.1, 0.15) is 12.5 Å². The van der Waals surface area contributed by atoms with Crippen molar-refractivity contribution >= 4 is 35.2 Å². The van der Waals surface area contributed by atoms with Crippen molar-refractivity contribution in [2.24, 2.45) is 0 Å². The van der Waals surface area contributed by atoms with Crippen molar-refractivity contribution in [2.75, 3.05) is 5.32 Å². The van der Waals surface area contributed by atoms with E-state index in [1.165, 1.54) is 18.2 Å². The van der Waals surface area contributed by atoms with Crippen molar-refractivity contribution < 1.29 is 14.0 Å². The molecule has 4 nitrogen and oxygen atoms in total. The summed E-state index contributed by atoms with van der Waals surface area (Å²) in [5, 5.41) is 5.74. The molecule has 24 heavy (non-hydrogen) atoms. The van der Waals surface area contributed by atoms with Crippen LogP contribution in [0.5, 0.6) is 0 Å². The molecular weight excluding hydrogens is 331 g/mol. The number of hydrogen-bond donors (Lipinski definition) is 2. The molecule has 2 aromatic carbocycles. The Bertz CT molecular complexity index is 760. The third-order valence-electron chi connectivity index (χ3n) is 3.18. The smallest absolute Gasteiger partial charge is 0.246 e. The quantitative estimate of drug-likeness (QED) is 0.812. The summed E-state index contributed by atoms with van der Waals surface area (Å²) < 4.78 is 13.4. The highest BCUT2D eigenvalue weighted by Gasteiger charge is 2.14. The number of rotatable bonds is 5. The minimum atomic E-state index is -0.751. The molecule has 0 heterocycles. The molecule has 0 saturated carbocycles. The van der Waals surface area contributed by atoms with E-state index in [0.717, 1.165) is 0 Å². The molecule has 0 bridgehead atoms. The van der Waals surface area contributed by atoms with Crippen molar-refractivity contribution in [3.05, 3.63) is 71.0 Å². The van der Waals surface area contributed by atoms with Gasteiger partial charge in [-0.05, 0) is 43.3 Å². The van der Waals surface area contributed by atoms with Gasteiger partial charge in [0.1, 0.15) is 11.9 Å². The minimum Gasteiger partial charge on any atom is -0.341 e. The average Bonchev–Trinajstić information content (AvgIpc) is 2.56. The molecule has 0 fully saturated rings. The molecule has 0 spiro atoms. The van der Waals surface area contributed by atoms with Crippen molar-refractivity contribution in [2.45, 2.75) is 13.0 Å². The highest BCUT2D eigenvalue weighted by atomic mass is 35.5. The monoisotopic (exact) mass is 346 g/mol. The predicted octanol–water partition coefficient (Wildman–Crippen LogP) is 3.64. The maximum absolute atomic E-state index is 13.4. The van der Waals surface area contributed by atoms with Gasteiger partial charge in [-0.3, -0.25) is 9.59 Å². The van der Waals surface area contributed by atoms with E-state index in [1.807, 2.05) is 0 Å². The third-order valence-corrected chi connectivity index (χ3v) is 3.44. The molecule has 1 atom stereocenters. The molecule has 2 aromatic rings. The summed E-state index contributed by atoms with van der Waals surface area (Å²) in [6.07, 6.45) is 2.54. The van der Waals surface area contributed by atoms with E-state index < -0.39 is 17.8 Å². The van der Waals surface area contributed by atoms with Gasteiger partial charge in [-0.2, -0.15) is 0 Å². The number of hydrogen-bond acceptors (Lipinski definition) is 2. The second-order valence-electron chi connectivity index (χ2n) is 5.08. The van der Waals surface area contributed by atoms with Gasteiger partial charge in [0.05, 0.1) is 0 Å². The van der Waals surface area contributed by atoms with E-state index in [9.17, 15) is 14.0 Å². The van der Waals surface area contributed by atoms with Gasteiger partial charge in [0, 0.05) is 22.3 Å². The maximum atomic E-state index is 13.4. The first kappa shape index (κ1) is 17.7. The van der Waals surface area contributed by atoms with E-state index in [2.05, 4.69) is 10.6 Å². The summed E-state index contributed by atoms with van der Waals surface area (Å²) >= 11 is 5.77. The molecule has 2 N–H and O–H groups in total. The molecule has 0 saturated heterocycles. The van der Waals surface area contributed by atoms with E-state index in [1.54, 1.807) is 49.4 Å². The van der Waals surface area contributed by atoms with Crippen LogP contribution in [0, 0.1) is 5.82 Å². The molecule has 0 radical (unpaired) electrons.